The third-order valence-corrected chi connectivity index (χ3v) is 4.35. The SMILES string of the molecule is O=C(Nc1ccc(OC[C@@H]2CCCO2)cc1)c1ccc(-n2ccnc2)nc1. The molecule has 2 aromatic heterocycles. The summed E-state index contributed by atoms with van der Waals surface area (Å²) in [6.07, 6.45) is 9.00. The van der Waals surface area contributed by atoms with Gasteiger partial charge in [-0.05, 0) is 49.2 Å². The number of amides is 1. The molecule has 0 spiro atoms. The zero-order chi connectivity index (χ0) is 18.5. The molecule has 1 aliphatic rings. The van der Waals surface area contributed by atoms with Crippen molar-refractivity contribution >= 4 is 11.6 Å². The molecule has 1 fully saturated rings. The van der Waals surface area contributed by atoms with E-state index < -0.39 is 0 Å². The summed E-state index contributed by atoms with van der Waals surface area (Å²) in [5.74, 6) is 1.25. The fourth-order valence-electron chi connectivity index (χ4n) is 2.87. The molecule has 0 unspecified atom stereocenters. The first kappa shape index (κ1) is 17.2. The van der Waals surface area contributed by atoms with Crippen LogP contribution in [0.2, 0.25) is 0 Å². The van der Waals surface area contributed by atoms with Gasteiger partial charge in [0.25, 0.3) is 5.91 Å². The maximum atomic E-state index is 12.4. The first-order chi connectivity index (χ1) is 13.3. The van der Waals surface area contributed by atoms with Crippen LogP contribution in [0.3, 0.4) is 0 Å². The number of hydrogen-bond donors (Lipinski definition) is 1. The van der Waals surface area contributed by atoms with Crippen molar-refractivity contribution in [3.8, 4) is 11.6 Å². The van der Waals surface area contributed by atoms with Gasteiger partial charge in [-0.15, -0.1) is 0 Å². The molecule has 0 aliphatic carbocycles. The van der Waals surface area contributed by atoms with Gasteiger partial charge in [0.1, 0.15) is 24.5 Å². The molecular weight excluding hydrogens is 344 g/mol. The maximum absolute atomic E-state index is 12.4. The van der Waals surface area contributed by atoms with Gasteiger partial charge in [0.15, 0.2) is 0 Å². The number of nitrogens with zero attached hydrogens (tertiary/aromatic N) is 3. The third-order valence-electron chi connectivity index (χ3n) is 4.35. The van der Waals surface area contributed by atoms with Crippen molar-refractivity contribution in [2.75, 3.05) is 18.5 Å². The fourth-order valence-corrected chi connectivity index (χ4v) is 2.87. The monoisotopic (exact) mass is 364 g/mol. The Bertz CT molecular complexity index is 871. The van der Waals surface area contributed by atoms with E-state index in [-0.39, 0.29) is 12.0 Å². The first-order valence-corrected chi connectivity index (χ1v) is 8.88. The molecule has 0 saturated carbocycles. The van der Waals surface area contributed by atoms with Crippen LogP contribution in [0.25, 0.3) is 5.82 Å². The summed E-state index contributed by atoms with van der Waals surface area (Å²) in [6.45, 7) is 1.37. The zero-order valence-electron chi connectivity index (χ0n) is 14.7. The van der Waals surface area contributed by atoms with Gasteiger partial charge in [-0.1, -0.05) is 0 Å². The van der Waals surface area contributed by atoms with Crippen LogP contribution < -0.4 is 10.1 Å². The van der Waals surface area contributed by atoms with Gasteiger partial charge in [0, 0.05) is 30.9 Å². The van der Waals surface area contributed by atoms with Gasteiger partial charge < -0.3 is 14.8 Å². The predicted octanol–water partition coefficient (Wildman–Crippen LogP) is 3.08. The molecule has 27 heavy (non-hydrogen) atoms. The average molecular weight is 364 g/mol. The Hall–Kier alpha value is -3.19. The molecule has 1 amide bonds. The van der Waals surface area contributed by atoms with Crippen LogP contribution in [0, 0.1) is 0 Å². The minimum absolute atomic E-state index is 0.183. The highest BCUT2D eigenvalue weighted by atomic mass is 16.5. The van der Waals surface area contributed by atoms with Crippen molar-refractivity contribution in [2.45, 2.75) is 18.9 Å². The predicted molar refractivity (Wildman–Crippen MR) is 100 cm³/mol. The summed E-state index contributed by atoms with van der Waals surface area (Å²) in [5, 5.41) is 2.86. The number of benzene rings is 1. The van der Waals surface area contributed by atoms with Crippen LogP contribution in [0.15, 0.2) is 61.3 Å². The van der Waals surface area contributed by atoms with E-state index >= 15 is 0 Å². The molecule has 4 rings (SSSR count). The number of aromatic nitrogens is 3. The minimum Gasteiger partial charge on any atom is -0.491 e. The van der Waals surface area contributed by atoms with E-state index in [1.807, 2.05) is 24.3 Å². The van der Waals surface area contributed by atoms with Crippen molar-refractivity contribution in [1.29, 1.82) is 0 Å². The number of carbonyl (C=O) groups excluding carboxylic acids is 1. The number of anilines is 1. The third kappa shape index (κ3) is 4.32. The van der Waals surface area contributed by atoms with E-state index in [1.165, 1.54) is 0 Å². The van der Waals surface area contributed by atoms with Crippen LogP contribution >= 0.6 is 0 Å². The standard InChI is InChI=1S/C20H20N4O3/c25-20(15-3-8-19(22-12-15)24-10-9-21-14-24)23-16-4-6-17(7-5-16)27-13-18-2-1-11-26-18/h3-10,12,14,18H,1-2,11,13H2,(H,23,25)/t18-/m0/s1. The molecule has 1 aliphatic heterocycles. The van der Waals surface area contributed by atoms with Crippen molar-refractivity contribution in [3.05, 3.63) is 66.9 Å². The second-order valence-corrected chi connectivity index (χ2v) is 6.30. The van der Waals surface area contributed by atoms with Crippen LogP contribution in [0.4, 0.5) is 5.69 Å². The van der Waals surface area contributed by atoms with Crippen molar-refractivity contribution in [2.24, 2.45) is 0 Å². The Morgan fingerprint density at radius 2 is 2.15 bits per heavy atom. The number of hydrogen-bond acceptors (Lipinski definition) is 5. The minimum atomic E-state index is -0.215. The Kier molecular flexibility index (Phi) is 5.11. The Balaban J connectivity index is 1.33. The molecule has 1 N–H and O–H groups in total. The van der Waals surface area contributed by atoms with Gasteiger partial charge in [-0.3, -0.25) is 9.36 Å². The fraction of sp³-hybridized carbons (Fsp3) is 0.250. The highest BCUT2D eigenvalue weighted by Gasteiger charge is 2.16. The molecule has 7 heteroatoms. The smallest absolute Gasteiger partial charge is 0.257 e. The molecule has 1 aromatic carbocycles. The van der Waals surface area contributed by atoms with Crippen molar-refractivity contribution in [3.63, 3.8) is 0 Å². The van der Waals surface area contributed by atoms with E-state index in [0.29, 0.717) is 23.7 Å². The topological polar surface area (TPSA) is 78.3 Å². The number of imidazole rings is 1. The van der Waals surface area contributed by atoms with E-state index in [2.05, 4.69) is 15.3 Å². The summed E-state index contributed by atoms with van der Waals surface area (Å²) in [7, 11) is 0. The lowest BCUT2D eigenvalue weighted by Crippen LogP contribution is -2.16. The van der Waals surface area contributed by atoms with Crippen LogP contribution in [-0.4, -0.2) is 39.8 Å². The summed E-state index contributed by atoms with van der Waals surface area (Å²) < 4.78 is 13.0. The van der Waals surface area contributed by atoms with Gasteiger partial charge in [-0.2, -0.15) is 0 Å². The van der Waals surface area contributed by atoms with E-state index in [4.69, 9.17) is 9.47 Å². The summed E-state index contributed by atoms with van der Waals surface area (Å²) >= 11 is 0. The molecule has 1 atom stereocenters. The lowest BCUT2D eigenvalue weighted by Gasteiger charge is -2.12. The van der Waals surface area contributed by atoms with E-state index in [9.17, 15) is 4.79 Å². The highest BCUT2D eigenvalue weighted by Crippen LogP contribution is 2.19. The lowest BCUT2D eigenvalue weighted by atomic mass is 10.2. The van der Waals surface area contributed by atoms with Gasteiger partial charge in [0.05, 0.1) is 11.7 Å². The molecular formula is C20H20N4O3. The molecule has 1 saturated heterocycles. The van der Waals surface area contributed by atoms with Gasteiger partial charge >= 0.3 is 0 Å². The lowest BCUT2D eigenvalue weighted by molar-refractivity contribution is 0.0679. The number of ether oxygens (including phenoxy) is 2. The summed E-state index contributed by atoms with van der Waals surface area (Å²) in [5.41, 5.74) is 1.18. The quantitative estimate of drug-likeness (QED) is 0.727. The van der Waals surface area contributed by atoms with Crippen molar-refractivity contribution < 1.29 is 14.3 Å². The van der Waals surface area contributed by atoms with Gasteiger partial charge in [-0.25, -0.2) is 9.97 Å². The first-order valence-electron chi connectivity index (χ1n) is 8.88. The molecule has 3 heterocycles. The zero-order valence-corrected chi connectivity index (χ0v) is 14.7. The van der Waals surface area contributed by atoms with Crippen molar-refractivity contribution in [1.82, 2.24) is 14.5 Å². The average Bonchev–Trinajstić information content (AvgIpc) is 3.42. The number of pyridine rings is 1. The molecule has 7 nitrogen and oxygen atoms in total. The van der Waals surface area contributed by atoms with E-state index in [0.717, 1.165) is 25.2 Å². The van der Waals surface area contributed by atoms with Crippen LogP contribution in [0.5, 0.6) is 5.75 Å². The number of rotatable bonds is 6. The second kappa shape index (κ2) is 8.01. The van der Waals surface area contributed by atoms with E-state index in [1.54, 1.807) is 41.6 Å². The molecule has 3 aromatic rings. The maximum Gasteiger partial charge on any atom is 0.257 e. The largest absolute Gasteiger partial charge is 0.491 e. The molecule has 0 radical (unpaired) electrons. The number of carbonyl (C=O) groups is 1. The van der Waals surface area contributed by atoms with Crippen LogP contribution in [0.1, 0.15) is 23.2 Å². The second-order valence-electron chi connectivity index (χ2n) is 6.30. The summed E-state index contributed by atoms with van der Waals surface area (Å²) in [6, 6.07) is 10.8. The normalized spacial score (nSPS) is 16.2. The van der Waals surface area contributed by atoms with Crippen LogP contribution in [-0.2, 0) is 4.74 Å². The number of nitrogens with one attached hydrogen (secondary N) is 1. The van der Waals surface area contributed by atoms with Gasteiger partial charge in [0.2, 0.25) is 0 Å². The Labute approximate surface area is 157 Å². The molecule has 138 valence electrons. The summed E-state index contributed by atoms with van der Waals surface area (Å²) in [4.78, 5) is 20.6. The molecule has 0 bridgehead atoms. The Morgan fingerprint density at radius 3 is 2.81 bits per heavy atom. The Morgan fingerprint density at radius 1 is 1.26 bits per heavy atom. The highest BCUT2D eigenvalue weighted by molar-refractivity contribution is 6.04.